The molecule has 0 heterocycles. The molecule has 1 unspecified atom stereocenters. The molecule has 2 N–H and O–H groups in total. The number of halogens is 3. The highest BCUT2D eigenvalue weighted by Gasteiger charge is 2.09. The predicted molar refractivity (Wildman–Crippen MR) is 75.9 cm³/mol. The Hall–Kier alpha value is -1.26. The molecule has 0 aliphatic heterocycles. The fourth-order valence-corrected chi connectivity index (χ4v) is 2.52. The molecule has 100 valence electrons. The largest absolute Gasteiger partial charge is 0.327 e. The van der Waals surface area contributed by atoms with E-state index in [2.05, 4.69) is 15.9 Å². The predicted octanol–water partition coefficient (Wildman–Crippen LogP) is 3.84. The topological polar surface area (TPSA) is 26.0 Å². The van der Waals surface area contributed by atoms with Gasteiger partial charge in [-0.05, 0) is 48.2 Å². The second-order valence-electron chi connectivity index (χ2n) is 4.53. The molecule has 2 aromatic carbocycles. The van der Waals surface area contributed by atoms with Gasteiger partial charge >= 0.3 is 0 Å². The zero-order chi connectivity index (χ0) is 13.8. The van der Waals surface area contributed by atoms with E-state index in [0.717, 1.165) is 11.1 Å². The van der Waals surface area contributed by atoms with E-state index < -0.39 is 0 Å². The Morgan fingerprint density at radius 3 is 2.42 bits per heavy atom. The lowest BCUT2D eigenvalue weighted by Crippen LogP contribution is -2.25. The lowest BCUT2D eigenvalue weighted by atomic mass is 10.00. The third-order valence-corrected chi connectivity index (χ3v) is 3.62. The van der Waals surface area contributed by atoms with Gasteiger partial charge in [-0.25, -0.2) is 8.78 Å². The number of rotatable bonds is 4. The third-order valence-electron chi connectivity index (χ3n) is 2.88. The molecule has 0 aromatic heterocycles. The van der Waals surface area contributed by atoms with Crippen molar-refractivity contribution in [2.24, 2.45) is 5.73 Å². The Kier molecular flexibility index (Phi) is 4.66. The zero-order valence-electron chi connectivity index (χ0n) is 10.2. The monoisotopic (exact) mass is 325 g/mol. The van der Waals surface area contributed by atoms with Crippen LogP contribution >= 0.6 is 15.9 Å². The summed E-state index contributed by atoms with van der Waals surface area (Å²) in [5, 5.41) is 0. The van der Waals surface area contributed by atoms with Crippen molar-refractivity contribution in [3.05, 3.63) is 69.7 Å². The van der Waals surface area contributed by atoms with Crippen molar-refractivity contribution in [3.8, 4) is 0 Å². The van der Waals surface area contributed by atoms with Crippen molar-refractivity contribution < 1.29 is 8.78 Å². The van der Waals surface area contributed by atoms with Gasteiger partial charge in [-0.2, -0.15) is 0 Å². The average Bonchev–Trinajstić information content (AvgIpc) is 2.33. The summed E-state index contributed by atoms with van der Waals surface area (Å²) in [4.78, 5) is 0. The summed E-state index contributed by atoms with van der Waals surface area (Å²) in [7, 11) is 0. The van der Waals surface area contributed by atoms with Gasteiger partial charge in [0.05, 0.1) is 0 Å². The second kappa shape index (κ2) is 6.26. The summed E-state index contributed by atoms with van der Waals surface area (Å²) in [6.07, 6.45) is 1.19. The van der Waals surface area contributed by atoms with Gasteiger partial charge in [0.15, 0.2) is 0 Å². The maximum absolute atomic E-state index is 13.1. The van der Waals surface area contributed by atoms with Crippen LogP contribution in [-0.4, -0.2) is 6.04 Å². The van der Waals surface area contributed by atoms with Crippen LogP contribution in [0, 0.1) is 11.6 Å². The van der Waals surface area contributed by atoms with Gasteiger partial charge < -0.3 is 5.73 Å². The molecule has 0 aliphatic rings. The van der Waals surface area contributed by atoms with Gasteiger partial charge in [-0.15, -0.1) is 0 Å². The van der Waals surface area contributed by atoms with Crippen molar-refractivity contribution >= 4 is 15.9 Å². The molecule has 0 amide bonds. The Bertz CT molecular complexity index is 572. The molecule has 4 heteroatoms. The van der Waals surface area contributed by atoms with E-state index in [9.17, 15) is 8.78 Å². The molecule has 0 bridgehead atoms. The fourth-order valence-electron chi connectivity index (χ4n) is 2.01. The van der Waals surface area contributed by atoms with Crippen LogP contribution in [0.1, 0.15) is 11.1 Å². The van der Waals surface area contributed by atoms with E-state index in [-0.39, 0.29) is 17.7 Å². The highest BCUT2D eigenvalue weighted by Crippen LogP contribution is 2.20. The van der Waals surface area contributed by atoms with Crippen LogP contribution in [0.5, 0.6) is 0 Å². The van der Waals surface area contributed by atoms with Crippen molar-refractivity contribution in [1.82, 2.24) is 0 Å². The van der Waals surface area contributed by atoms with Crippen LogP contribution in [0.25, 0.3) is 0 Å². The molecule has 1 atom stereocenters. The van der Waals surface area contributed by atoms with E-state index in [1.54, 1.807) is 12.1 Å². The van der Waals surface area contributed by atoms with E-state index >= 15 is 0 Å². The smallest absolute Gasteiger partial charge is 0.124 e. The maximum atomic E-state index is 13.1. The van der Waals surface area contributed by atoms with Gasteiger partial charge in [0.25, 0.3) is 0 Å². The molecule has 19 heavy (non-hydrogen) atoms. The molecular weight excluding hydrogens is 312 g/mol. The van der Waals surface area contributed by atoms with Crippen molar-refractivity contribution in [2.45, 2.75) is 18.9 Å². The summed E-state index contributed by atoms with van der Waals surface area (Å²) >= 11 is 3.32. The molecule has 0 radical (unpaired) electrons. The minimum Gasteiger partial charge on any atom is -0.327 e. The van der Waals surface area contributed by atoms with Crippen molar-refractivity contribution in [3.63, 3.8) is 0 Å². The molecule has 0 saturated carbocycles. The highest BCUT2D eigenvalue weighted by molar-refractivity contribution is 9.10. The first-order chi connectivity index (χ1) is 9.04. The zero-order valence-corrected chi connectivity index (χ0v) is 11.8. The third kappa shape index (κ3) is 4.11. The normalized spacial score (nSPS) is 12.4. The van der Waals surface area contributed by atoms with Gasteiger partial charge in [0.1, 0.15) is 11.6 Å². The first-order valence-corrected chi connectivity index (χ1v) is 6.78. The maximum Gasteiger partial charge on any atom is 0.124 e. The van der Waals surface area contributed by atoms with E-state index in [1.165, 1.54) is 24.3 Å². The molecule has 0 spiro atoms. The molecule has 0 aliphatic carbocycles. The van der Waals surface area contributed by atoms with Crippen LogP contribution in [0.4, 0.5) is 8.78 Å². The van der Waals surface area contributed by atoms with Crippen LogP contribution in [-0.2, 0) is 12.8 Å². The minimum atomic E-state index is -0.283. The summed E-state index contributed by atoms with van der Waals surface area (Å²) in [5.74, 6) is -0.540. The van der Waals surface area contributed by atoms with Crippen LogP contribution in [0.2, 0.25) is 0 Å². The summed E-state index contributed by atoms with van der Waals surface area (Å²) in [6, 6.07) is 10.8. The van der Waals surface area contributed by atoms with Gasteiger partial charge in [-0.3, -0.25) is 0 Å². The van der Waals surface area contributed by atoms with Crippen LogP contribution in [0.3, 0.4) is 0 Å². The van der Waals surface area contributed by atoms with E-state index in [1.807, 2.05) is 6.07 Å². The lowest BCUT2D eigenvalue weighted by Gasteiger charge is -2.13. The SMILES string of the molecule is NC(Cc1cccc(F)c1)Cc1ccc(F)cc1Br. The number of hydrogen-bond acceptors (Lipinski definition) is 1. The first kappa shape index (κ1) is 14.2. The molecule has 0 saturated heterocycles. The molecule has 0 fully saturated rings. The molecule has 2 aromatic rings. The molecular formula is C15H14BrF2N. The lowest BCUT2D eigenvalue weighted by molar-refractivity contribution is 0.614. The average molecular weight is 326 g/mol. The van der Waals surface area contributed by atoms with Gasteiger partial charge in [0, 0.05) is 10.5 Å². The second-order valence-corrected chi connectivity index (χ2v) is 5.39. The van der Waals surface area contributed by atoms with Crippen LogP contribution < -0.4 is 5.73 Å². The van der Waals surface area contributed by atoms with Gasteiger partial charge in [-0.1, -0.05) is 34.1 Å². The van der Waals surface area contributed by atoms with Gasteiger partial charge in [0.2, 0.25) is 0 Å². The Morgan fingerprint density at radius 2 is 1.74 bits per heavy atom. The number of benzene rings is 2. The Balaban J connectivity index is 2.03. The standard InChI is InChI=1S/C15H14BrF2N/c16-15-9-13(18)5-4-11(15)8-14(19)7-10-2-1-3-12(17)6-10/h1-6,9,14H,7-8,19H2. The molecule has 1 nitrogen and oxygen atoms in total. The molecule has 2 rings (SSSR count). The highest BCUT2D eigenvalue weighted by atomic mass is 79.9. The van der Waals surface area contributed by atoms with Crippen molar-refractivity contribution in [1.29, 1.82) is 0 Å². The fraction of sp³-hybridized carbons (Fsp3) is 0.200. The minimum absolute atomic E-state index is 0.136. The van der Waals surface area contributed by atoms with E-state index in [0.29, 0.717) is 17.3 Å². The summed E-state index contributed by atoms with van der Waals surface area (Å²) < 4.78 is 26.7. The van der Waals surface area contributed by atoms with E-state index in [4.69, 9.17) is 5.73 Å². The Morgan fingerprint density at radius 1 is 1.00 bits per heavy atom. The van der Waals surface area contributed by atoms with Crippen molar-refractivity contribution in [2.75, 3.05) is 0 Å². The quantitative estimate of drug-likeness (QED) is 0.908. The number of hydrogen-bond donors (Lipinski definition) is 1. The number of nitrogens with two attached hydrogens (primary N) is 1. The van der Waals surface area contributed by atoms with Crippen LogP contribution in [0.15, 0.2) is 46.9 Å². The summed E-state index contributed by atoms with van der Waals surface area (Å²) in [6.45, 7) is 0. The Labute approximate surface area is 119 Å². The summed E-state index contributed by atoms with van der Waals surface area (Å²) in [5.41, 5.74) is 7.87. The first-order valence-electron chi connectivity index (χ1n) is 5.98.